The van der Waals surface area contributed by atoms with Crippen LogP contribution in [0.25, 0.3) is 0 Å². The largest absolute Gasteiger partial charge is 0.472 e. The Morgan fingerprint density at radius 3 is 2.78 bits per heavy atom. The van der Waals surface area contributed by atoms with Crippen LogP contribution in [0.5, 0.6) is 5.88 Å². The van der Waals surface area contributed by atoms with Crippen LogP contribution in [0.2, 0.25) is 0 Å². The fraction of sp³-hybridized carbons (Fsp3) is 0.250. The van der Waals surface area contributed by atoms with E-state index >= 15 is 0 Å². The lowest BCUT2D eigenvalue weighted by molar-refractivity contribution is -0.120. The Kier molecular flexibility index (Phi) is 5.96. The number of benzene rings is 1. The molecule has 1 amide bonds. The number of aromatic nitrogens is 1. The molecule has 1 aromatic carbocycles. The van der Waals surface area contributed by atoms with E-state index in [4.69, 9.17) is 4.74 Å². The quantitative estimate of drug-likeness (QED) is 0.852. The van der Waals surface area contributed by atoms with Gasteiger partial charge in [-0.3, -0.25) is 4.79 Å². The summed E-state index contributed by atoms with van der Waals surface area (Å²) in [4.78, 5) is 15.6. The number of rotatable bonds is 7. The first kappa shape index (κ1) is 16.8. The molecule has 7 heteroatoms. The lowest BCUT2D eigenvalue weighted by atomic mass is 10.1. The molecule has 0 aliphatic carbocycles. The molecule has 1 heterocycles. The summed E-state index contributed by atoms with van der Waals surface area (Å²) in [6, 6.07) is 8.91. The summed E-state index contributed by atoms with van der Waals surface area (Å²) in [6.07, 6.45) is -1.11. The van der Waals surface area contributed by atoms with Gasteiger partial charge in [-0.05, 0) is 29.3 Å². The van der Waals surface area contributed by atoms with Gasteiger partial charge in [-0.25, -0.2) is 18.2 Å². The van der Waals surface area contributed by atoms with Gasteiger partial charge in [-0.2, -0.15) is 0 Å². The molecule has 23 heavy (non-hydrogen) atoms. The summed E-state index contributed by atoms with van der Waals surface area (Å²) in [5, 5.41) is 2.67. The Hall–Kier alpha value is -2.57. The SMILES string of the molecule is O=C(Cc1cccc(F)c1)NCc1ccnc(OCC(F)F)c1. The third-order valence-corrected chi connectivity index (χ3v) is 2.90. The number of carbonyl (C=O) groups is 1. The molecule has 2 rings (SSSR count). The molecular weight excluding hydrogens is 309 g/mol. The minimum Gasteiger partial charge on any atom is -0.472 e. The number of nitrogens with one attached hydrogen (secondary N) is 1. The summed E-state index contributed by atoms with van der Waals surface area (Å²) in [6.45, 7) is -0.538. The molecule has 0 spiro atoms. The van der Waals surface area contributed by atoms with Crippen LogP contribution in [-0.4, -0.2) is 23.9 Å². The number of alkyl halides is 2. The second-order valence-electron chi connectivity index (χ2n) is 4.79. The standard InChI is InChI=1S/C16H15F3N2O2/c17-13-3-1-2-11(6-13)7-15(22)21-9-12-4-5-20-16(8-12)23-10-14(18)19/h1-6,8,14H,7,9-10H2,(H,21,22). The molecule has 2 aromatic rings. The summed E-state index contributed by atoms with van der Waals surface area (Å²) >= 11 is 0. The highest BCUT2D eigenvalue weighted by atomic mass is 19.3. The van der Waals surface area contributed by atoms with Gasteiger partial charge in [0.25, 0.3) is 6.43 Å². The second kappa shape index (κ2) is 8.17. The van der Waals surface area contributed by atoms with Crippen molar-refractivity contribution < 1.29 is 22.7 Å². The number of ether oxygens (including phenoxy) is 1. The van der Waals surface area contributed by atoms with E-state index in [1.807, 2.05) is 0 Å². The Labute approximate surface area is 131 Å². The minimum absolute atomic E-state index is 0.0532. The minimum atomic E-state index is -2.58. The van der Waals surface area contributed by atoms with Gasteiger partial charge < -0.3 is 10.1 Å². The molecule has 0 fully saturated rings. The van der Waals surface area contributed by atoms with Crippen LogP contribution in [-0.2, 0) is 17.8 Å². The van der Waals surface area contributed by atoms with Crippen LogP contribution < -0.4 is 10.1 Å². The summed E-state index contributed by atoms with van der Waals surface area (Å²) in [5.74, 6) is -0.602. The first-order valence-corrected chi connectivity index (χ1v) is 6.90. The monoisotopic (exact) mass is 324 g/mol. The van der Waals surface area contributed by atoms with E-state index in [0.29, 0.717) is 11.1 Å². The van der Waals surface area contributed by atoms with Gasteiger partial charge in [0.05, 0.1) is 6.42 Å². The van der Waals surface area contributed by atoms with Crippen molar-refractivity contribution >= 4 is 5.91 Å². The van der Waals surface area contributed by atoms with Crippen molar-refractivity contribution in [1.29, 1.82) is 0 Å². The van der Waals surface area contributed by atoms with Crippen LogP contribution in [0.1, 0.15) is 11.1 Å². The van der Waals surface area contributed by atoms with Crippen LogP contribution in [0.4, 0.5) is 13.2 Å². The van der Waals surface area contributed by atoms with Gasteiger partial charge in [0.1, 0.15) is 5.82 Å². The lowest BCUT2D eigenvalue weighted by Gasteiger charge is -2.08. The molecular formula is C16H15F3N2O2. The average molecular weight is 324 g/mol. The highest BCUT2D eigenvalue weighted by Crippen LogP contribution is 2.10. The zero-order chi connectivity index (χ0) is 16.7. The van der Waals surface area contributed by atoms with Gasteiger partial charge in [-0.15, -0.1) is 0 Å². The van der Waals surface area contributed by atoms with E-state index in [9.17, 15) is 18.0 Å². The number of nitrogens with zero attached hydrogens (tertiary/aromatic N) is 1. The highest BCUT2D eigenvalue weighted by molar-refractivity contribution is 5.78. The molecule has 4 nitrogen and oxygen atoms in total. The van der Waals surface area contributed by atoms with Gasteiger partial charge in [0.15, 0.2) is 6.61 Å². The average Bonchev–Trinajstić information content (AvgIpc) is 2.51. The van der Waals surface area contributed by atoms with E-state index in [2.05, 4.69) is 10.3 Å². The molecule has 122 valence electrons. The Morgan fingerprint density at radius 1 is 1.22 bits per heavy atom. The van der Waals surface area contributed by atoms with E-state index in [0.717, 1.165) is 0 Å². The maximum absolute atomic E-state index is 13.0. The third-order valence-electron chi connectivity index (χ3n) is 2.90. The normalized spacial score (nSPS) is 10.6. The molecule has 0 aliphatic rings. The van der Waals surface area contributed by atoms with E-state index < -0.39 is 18.8 Å². The Bertz CT molecular complexity index is 665. The highest BCUT2D eigenvalue weighted by Gasteiger charge is 2.07. The number of halogens is 3. The van der Waals surface area contributed by atoms with Crippen molar-refractivity contribution in [1.82, 2.24) is 10.3 Å². The molecule has 0 saturated carbocycles. The van der Waals surface area contributed by atoms with Crippen molar-refractivity contribution in [2.75, 3.05) is 6.61 Å². The molecule has 1 aromatic heterocycles. The summed E-state index contributed by atoms with van der Waals surface area (Å²) in [7, 11) is 0. The first-order chi connectivity index (χ1) is 11.0. The zero-order valence-electron chi connectivity index (χ0n) is 12.1. The molecule has 0 aliphatic heterocycles. The zero-order valence-corrected chi connectivity index (χ0v) is 12.1. The number of hydrogen-bond donors (Lipinski definition) is 1. The lowest BCUT2D eigenvalue weighted by Crippen LogP contribution is -2.24. The van der Waals surface area contributed by atoms with Gasteiger partial charge >= 0.3 is 0 Å². The Morgan fingerprint density at radius 2 is 2.04 bits per heavy atom. The topological polar surface area (TPSA) is 51.2 Å². The second-order valence-corrected chi connectivity index (χ2v) is 4.79. The Balaban J connectivity index is 1.85. The van der Waals surface area contributed by atoms with Crippen molar-refractivity contribution in [2.24, 2.45) is 0 Å². The van der Waals surface area contributed by atoms with Crippen molar-refractivity contribution in [3.8, 4) is 5.88 Å². The third kappa shape index (κ3) is 5.98. The van der Waals surface area contributed by atoms with E-state index in [1.54, 1.807) is 12.1 Å². The van der Waals surface area contributed by atoms with Gasteiger partial charge in [0, 0.05) is 18.8 Å². The van der Waals surface area contributed by atoms with Crippen molar-refractivity contribution in [2.45, 2.75) is 19.4 Å². The predicted octanol–water partition coefficient (Wildman–Crippen LogP) is 2.72. The van der Waals surface area contributed by atoms with Crippen molar-refractivity contribution in [3.05, 3.63) is 59.5 Å². The first-order valence-electron chi connectivity index (χ1n) is 6.90. The molecule has 0 unspecified atom stereocenters. The maximum atomic E-state index is 13.0. The van der Waals surface area contributed by atoms with Crippen LogP contribution in [0.3, 0.4) is 0 Å². The van der Waals surface area contributed by atoms with Crippen LogP contribution in [0.15, 0.2) is 42.6 Å². The predicted molar refractivity (Wildman–Crippen MR) is 77.7 cm³/mol. The smallest absolute Gasteiger partial charge is 0.272 e. The van der Waals surface area contributed by atoms with Gasteiger partial charge in [-0.1, -0.05) is 12.1 Å². The van der Waals surface area contributed by atoms with Gasteiger partial charge in [0.2, 0.25) is 11.8 Å². The summed E-state index contributed by atoms with van der Waals surface area (Å²) < 4.78 is 42.0. The van der Waals surface area contributed by atoms with E-state index in [-0.39, 0.29) is 24.8 Å². The molecule has 0 atom stereocenters. The molecule has 0 bridgehead atoms. The number of carbonyl (C=O) groups excluding carboxylic acids is 1. The molecule has 0 radical (unpaired) electrons. The van der Waals surface area contributed by atoms with Crippen molar-refractivity contribution in [3.63, 3.8) is 0 Å². The number of amides is 1. The van der Waals surface area contributed by atoms with Crippen LogP contribution in [0, 0.1) is 5.82 Å². The van der Waals surface area contributed by atoms with Crippen LogP contribution >= 0.6 is 0 Å². The fourth-order valence-corrected chi connectivity index (χ4v) is 1.88. The summed E-state index contributed by atoms with van der Waals surface area (Å²) in [5.41, 5.74) is 1.23. The number of hydrogen-bond acceptors (Lipinski definition) is 3. The fourth-order valence-electron chi connectivity index (χ4n) is 1.88. The number of pyridine rings is 1. The van der Waals surface area contributed by atoms with E-state index in [1.165, 1.54) is 30.5 Å². The molecule has 0 saturated heterocycles. The maximum Gasteiger partial charge on any atom is 0.272 e. The molecule has 1 N–H and O–H groups in total.